The Bertz CT molecular complexity index is 1460. The number of piperidine rings is 1. The van der Waals surface area contributed by atoms with Gasteiger partial charge in [-0.05, 0) is 37.3 Å². The Morgan fingerprint density at radius 1 is 1.15 bits per heavy atom. The fourth-order valence-corrected chi connectivity index (χ4v) is 7.42. The van der Waals surface area contributed by atoms with Crippen LogP contribution in [-0.2, 0) is 26.2 Å². The molecule has 2 aliphatic heterocycles. The summed E-state index contributed by atoms with van der Waals surface area (Å²) in [6.45, 7) is 0.805. The van der Waals surface area contributed by atoms with E-state index in [0.717, 1.165) is 31.6 Å². The van der Waals surface area contributed by atoms with Gasteiger partial charge in [0.1, 0.15) is 22.6 Å². The molecule has 2 fully saturated rings. The molecule has 3 heterocycles. The number of alkyl halides is 3. The maximum atomic E-state index is 15.2. The average molecular weight is 620 g/mol. The second-order valence-corrected chi connectivity index (χ2v) is 12.4. The number of carbonyl (C=O) groups is 1. The summed E-state index contributed by atoms with van der Waals surface area (Å²) >= 11 is 6.83. The maximum Gasteiger partial charge on any atom is 0.493 e. The van der Waals surface area contributed by atoms with Crippen LogP contribution in [0.1, 0.15) is 31.2 Å². The third kappa shape index (κ3) is 5.90. The molecule has 1 unspecified atom stereocenters. The van der Waals surface area contributed by atoms with Crippen LogP contribution in [0.5, 0.6) is 5.75 Å². The van der Waals surface area contributed by atoms with Gasteiger partial charge >= 0.3 is 22.2 Å². The van der Waals surface area contributed by atoms with E-state index in [1.165, 1.54) is 10.9 Å². The van der Waals surface area contributed by atoms with Crippen LogP contribution in [0.4, 0.5) is 22.7 Å². The lowest BCUT2D eigenvalue weighted by Crippen LogP contribution is -2.45. The minimum atomic E-state index is -5.52. The monoisotopic (exact) mass is 619 g/mol. The SMILES string of the molecule is O=C(ON(c1nccs1)S(=O)(=O)c1cc(Cl)c(OC2C[C@H]3CC[C@@H](C2)N3Cc2ccccc2)cc1F)C(F)(F)F. The molecular formula is C25H22ClF4N3O5S2. The number of hydrogen-bond donors (Lipinski definition) is 0. The number of carbonyl (C=O) groups excluding carboxylic acids is 1. The van der Waals surface area contributed by atoms with E-state index in [2.05, 4.69) is 26.9 Å². The number of rotatable bonds is 8. The molecule has 2 aromatic carbocycles. The predicted molar refractivity (Wildman–Crippen MR) is 138 cm³/mol. The van der Waals surface area contributed by atoms with Crippen molar-refractivity contribution in [1.29, 1.82) is 0 Å². The van der Waals surface area contributed by atoms with Crippen molar-refractivity contribution >= 4 is 44.1 Å². The molecule has 0 amide bonds. The first kappa shape index (κ1) is 28.6. The smallest absolute Gasteiger partial charge is 0.489 e. The number of aromatic nitrogens is 1. The topological polar surface area (TPSA) is 89.0 Å². The maximum absolute atomic E-state index is 15.2. The van der Waals surface area contributed by atoms with Crippen molar-refractivity contribution in [3.8, 4) is 5.75 Å². The van der Waals surface area contributed by atoms with Crippen LogP contribution < -0.4 is 9.21 Å². The zero-order valence-corrected chi connectivity index (χ0v) is 22.9. The van der Waals surface area contributed by atoms with Crippen LogP contribution >= 0.6 is 22.9 Å². The highest BCUT2D eigenvalue weighted by molar-refractivity contribution is 7.92. The molecule has 3 atom stereocenters. The van der Waals surface area contributed by atoms with Crippen LogP contribution in [0.3, 0.4) is 0 Å². The van der Waals surface area contributed by atoms with E-state index < -0.39 is 38.0 Å². The molecule has 0 N–H and O–H groups in total. The van der Waals surface area contributed by atoms with Crippen LogP contribution in [-0.4, -0.2) is 48.6 Å². The molecule has 15 heteroatoms. The Morgan fingerprint density at radius 2 is 1.82 bits per heavy atom. The highest BCUT2D eigenvalue weighted by atomic mass is 35.5. The van der Waals surface area contributed by atoms with Gasteiger partial charge in [0.15, 0.2) is 0 Å². The van der Waals surface area contributed by atoms with Gasteiger partial charge in [0.25, 0.3) is 0 Å². The number of hydrogen-bond acceptors (Lipinski definition) is 8. The quantitative estimate of drug-likeness (QED) is 0.235. The minimum absolute atomic E-state index is 0.105. The van der Waals surface area contributed by atoms with E-state index in [0.29, 0.717) is 30.2 Å². The molecule has 5 rings (SSSR count). The van der Waals surface area contributed by atoms with E-state index in [-0.39, 0.29) is 33.4 Å². The number of ether oxygens (including phenoxy) is 1. The normalized spacial score (nSPS) is 21.3. The van der Waals surface area contributed by atoms with Gasteiger partial charge in [-0.3, -0.25) is 4.90 Å². The Kier molecular flexibility index (Phi) is 7.97. The summed E-state index contributed by atoms with van der Waals surface area (Å²) in [5.41, 5.74) is 1.20. The van der Waals surface area contributed by atoms with Crippen LogP contribution in [0, 0.1) is 5.82 Å². The molecule has 2 aliphatic rings. The lowest BCUT2D eigenvalue weighted by atomic mass is 9.98. The molecule has 0 aliphatic carbocycles. The van der Waals surface area contributed by atoms with Crippen molar-refractivity contribution in [2.45, 2.75) is 61.5 Å². The first-order chi connectivity index (χ1) is 18.9. The number of fused-ring (bicyclic) bond motifs is 2. The van der Waals surface area contributed by atoms with Crippen molar-refractivity contribution < 1.29 is 40.3 Å². The summed E-state index contributed by atoms with van der Waals surface area (Å²) in [7, 11) is -5.21. The van der Waals surface area contributed by atoms with Gasteiger partial charge in [-0.1, -0.05) is 46.4 Å². The third-order valence-electron chi connectivity index (χ3n) is 6.80. The Balaban J connectivity index is 1.34. The molecule has 214 valence electrons. The van der Waals surface area contributed by atoms with Crippen molar-refractivity contribution in [1.82, 2.24) is 9.88 Å². The standard InChI is InChI=1S/C25H22ClF4N3O5S2/c26-19-12-22(40(35,36)33(24-31-8-9-39-24)38-23(34)25(28,29)30)20(27)13-21(19)37-18-10-16-6-7-17(11-18)32(16)14-15-4-2-1-3-5-15/h1-5,8-9,12-13,16-18H,6-7,10-11,14H2/t16-,17+,18?. The van der Waals surface area contributed by atoms with Gasteiger partial charge in [-0.25, -0.2) is 14.2 Å². The minimum Gasteiger partial charge on any atom is -0.489 e. The molecule has 2 bridgehead atoms. The van der Waals surface area contributed by atoms with Gasteiger partial charge in [0, 0.05) is 36.3 Å². The van der Waals surface area contributed by atoms with Crippen LogP contribution in [0.2, 0.25) is 5.02 Å². The number of sulfonamides is 1. The lowest BCUT2D eigenvalue weighted by molar-refractivity contribution is -0.199. The highest BCUT2D eigenvalue weighted by Gasteiger charge is 2.46. The summed E-state index contributed by atoms with van der Waals surface area (Å²) in [5.74, 6) is -4.29. The van der Waals surface area contributed by atoms with Crippen LogP contribution in [0.25, 0.3) is 0 Å². The summed E-state index contributed by atoms with van der Waals surface area (Å²) < 4.78 is 85.6. The van der Waals surface area contributed by atoms with E-state index in [1.807, 2.05) is 18.2 Å². The van der Waals surface area contributed by atoms with Crippen molar-refractivity contribution in [3.05, 3.63) is 70.4 Å². The number of nitrogens with zero attached hydrogens (tertiary/aromatic N) is 3. The molecule has 0 spiro atoms. The Labute approximate surface area is 236 Å². The second kappa shape index (κ2) is 11.1. The first-order valence-electron chi connectivity index (χ1n) is 12.1. The fourth-order valence-electron chi connectivity index (χ4n) is 5.06. The Hall–Kier alpha value is -2.94. The number of halogens is 5. The lowest BCUT2D eigenvalue weighted by Gasteiger charge is -2.39. The zero-order valence-electron chi connectivity index (χ0n) is 20.6. The summed E-state index contributed by atoms with van der Waals surface area (Å²) in [6.07, 6.45) is -1.46. The van der Waals surface area contributed by atoms with Gasteiger partial charge in [0.05, 0.1) is 5.02 Å². The molecule has 1 aromatic heterocycles. The molecule has 8 nitrogen and oxygen atoms in total. The average Bonchev–Trinajstić information content (AvgIpc) is 3.50. The molecule has 40 heavy (non-hydrogen) atoms. The largest absolute Gasteiger partial charge is 0.493 e. The second-order valence-electron chi connectivity index (χ2n) is 9.39. The van der Waals surface area contributed by atoms with E-state index in [4.69, 9.17) is 16.3 Å². The molecule has 0 saturated carbocycles. The van der Waals surface area contributed by atoms with Crippen molar-refractivity contribution in [2.24, 2.45) is 0 Å². The molecule has 3 aromatic rings. The van der Waals surface area contributed by atoms with Crippen LogP contribution in [0.15, 0.2) is 58.9 Å². The third-order valence-corrected chi connectivity index (χ3v) is 9.50. The van der Waals surface area contributed by atoms with Gasteiger partial charge in [0.2, 0.25) is 5.13 Å². The van der Waals surface area contributed by atoms with E-state index in [9.17, 15) is 26.4 Å². The Morgan fingerprint density at radius 3 is 2.42 bits per heavy atom. The van der Waals surface area contributed by atoms with Gasteiger partial charge in [-0.15, -0.1) is 11.3 Å². The van der Waals surface area contributed by atoms with E-state index in [1.54, 1.807) is 0 Å². The van der Waals surface area contributed by atoms with Crippen molar-refractivity contribution in [3.63, 3.8) is 0 Å². The first-order valence-corrected chi connectivity index (χ1v) is 14.8. The summed E-state index contributed by atoms with van der Waals surface area (Å²) in [5, 5.41) is 0.309. The molecular weight excluding hydrogens is 598 g/mol. The zero-order chi connectivity index (χ0) is 28.7. The number of thiazole rings is 1. The summed E-state index contributed by atoms with van der Waals surface area (Å²) in [6, 6.07) is 12.1. The highest BCUT2D eigenvalue weighted by Crippen LogP contribution is 2.40. The van der Waals surface area contributed by atoms with E-state index >= 15 is 4.39 Å². The number of anilines is 1. The molecule has 2 saturated heterocycles. The molecule has 0 radical (unpaired) electrons. The van der Waals surface area contributed by atoms with Crippen molar-refractivity contribution in [2.75, 3.05) is 4.47 Å². The fraction of sp³-hybridized carbons (Fsp3) is 0.360. The van der Waals surface area contributed by atoms with Gasteiger partial charge in [-0.2, -0.15) is 21.6 Å². The number of benzene rings is 2. The summed E-state index contributed by atoms with van der Waals surface area (Å²) in [4.78, 5) is 20.4. The predicted octanol–water partition coefficient (Wildman–Crippen LogP) is 5.73. The van der Waals surface area contributed by atoms with Gasteiger partial charge < -0.3 is 9.57 Å².